The third kappa shape index (κ3) is 6.70. The van der Waals surface area contributed by atoms with Crippen LogP contribution in [-0.2, 0) is 9.53 Å². The summed E-state index contributed by atoms with van der Waals surface area (Å²) in [6.45, 7) is 9.06. The maximum absolute atomic E-state index is 12.2. The zero-order chi connectivity index (χ0) is 16.8. The van der Waals surface area contributed by atoms with Gasteiger partial charge in [0.05, 0.1) is 12.2 Å². The number of carbonyl (C=O) groups excluding carboxylic acids is 1. The van der Waals surface area contributed by atoms with E-state index in [0.717, 1.165) is 64.6 Å². The number of ether oxygens (including phenoxy) is 1. The van der Waals surface area contributed by atoms with Crippen LogP contribution in [0, 0.1) is 5.92 Å². The molecule has 3 aliphatic rings. The Morgan fingerprint density at radius 3 is 2.20 bits per heavy atom. The van der Waals surface area contributed by atoms with Crippen molar-refractivity contribution in [2.24, 2.45) is 5.92 Å². The number of amides is 1. The summed E-state index contributed by atoms with van der Waals surface area (Å²) in [6, 6.07) is 0. The molecule has 2 saturated heterocycles. The van der Waals surface area contributed by atoms with Gasteiger partial charge in [-0.15, -0.1) is 12.4 Å². The fraction of sp³-hybridized carbons (Fsp3) is 0.947. The number of hydrogen-bond acceptors (Lipinski definition) is 4. The Balaban J connectivity index is 0.00000225. The van der Waals surface area contributed by atoms with Crippen LogP contribution in [-0.4, -0.2) is 73.7 Å². The van der Waals surface area contributed by atoms with Gasteiger partial charge in [-0.2, -0.15) is 0 Å². The second-order valence-electron chi connectivity index (χ2n) is 7.94. The summed E-state index contributed by atoms with van der Waals surface area (Å²) < 4.78 is 6.34. The zero-order valence-corrected chi connectivity index (χ0v) is 16.6. The molecule has 1 aliphatic carbocycles. The average molecular weight is 374 g/mol. The van der Waals surface area contributed by atoms with Crippen LogP contribution in [0.15, 0.2) is 0 Å². The average Bonchev–Trinajstić information content (AvgIpc) is 2.63. The molecule has 0 bridgehead atoms. The summed E-state index contributed by atoms with van der Waals surface area (Å²) in [5.41, 5.74) is 0. The number of piperidine rings is 1. The first-order valence-corrected chi connectivity index (χ1v) is 10.1. The van der Waals surface area contributed by atoms with Crippen molar-refractivity contribution in [3.63, 3.8) is 0 Å². The van der Waals surface area contributed by atoms with Crippen LogP contribution in [0.4, 0.5) is 0 Å². The van der Waals surface area contributed by atoms with Crippen LogP contribution in [0.2, 0.25) is 0 Å². The molecule has 5 nitrogen and oxygen atoms in total. The monoisotopic (exact) mass is 373 g/mol. The second kappa shape index (κ2) is 10.7. The third-order valence-corrected chi connectivity index (χ3v) is 5.99. The highest BCUT2D eigenvalue weighted by Gasteiger charge is 2.26. The lowest BCUT2D eigenvalue weighted by atomic mass is 9.88. The standard InChI is InChI=1S/C19H35N3O2.ClH/c1-16-2-4-17(5-3-16)24-18-6-11-21(12-7-18)13-8-19(23)22-14-9-20-10-15-22;/h16-18,20H,2-15H2,1H3;1H. The Hall–Kier alpha value is -0.360. The van der Waals surface area contributed by atoms with Gasteiger partial charge in [-0.05, 0) is 44.4 Å². The van der Waals surface area contributed by atoms with Crippen molar-refractivity contribution in [2.75, 3.05) is 45.8 Å². The van der Waals surface area contributed by atoms with E-state index in [0.29, 0.717) is 24.5 Å². The molecule has 3 fully saturated rings. The molecule has 1 N–H and O–H groups in total. The van der Waals surface area contributed by atoms with Crippen molar-refractivity contribution in [3.05, 3.63) is 0 Å². The fourth-order valence-corrected chi connectivity index (χ4v) is 4.23. The number of carbonyl (C=O) groups is 1. The minimum atomic E-state index is 0. The maximum Gasteiger partial charge on any atom is 0.223 e. The van der Waals surface area contributed by atoms with Crippen molar-refractivity contribution in [1.29, 1.82) is 0 Å². The third-order valence-electron chi connectivity index (χ3n) is 5.99. The van der Waals surface area contributed by atoms with Gasteiger partial charge in [-0.3, -0.25) is 4.79 Å². The lowest BCUT2D eigenvalue weighted by Gasteiger charge is -2.36. The van der Waals surface area contributed by atoms with E-state index in [2.05, 4.69) is 17.1 Å². The van der Waals surface area contributed by atoms with Gasteiger partial charge in [0.1, 0.15) is 0 Å². The molecule has 1 amide bonds. The summed E-state index contributed by atoms with van der Waals surface area (Å²) >= 11 is 0. The molecule has 3 rings (SSSR count). The van der Waals surface area contributed by atoms with Crippen LogP contribution >= 0.6 is 12.4 Å². The Morgan fingerprint density at radius 2 is 1.56 bits per heavy atom. The second-order valence-corrected chi connectivity index (χ2v) is 7.94. The van der Waals surface area contributed by atoms with Gasteiger partial charge in [-0.1, -0.05) is 6.92 Å². The van der Waals surface area contributed by atoms with Crippen LogP contribution in [0.5, 0.6) is 0 Å². The molecular weight excluding hydrogens is 338 g/mol. The summed E-state index contributed by atoms with van der Waals surface area (Å²) in [7, 11) is 0. The number of likely N-dealkylation sites (tertiary alicyclic amines) is 1. The predicted molar refractivity (Wildman–Crippen MR) is 103 cm³/mol. The van der Waals surface area contributed by atoms with Gasteiger partial charge in [0.25, 0.3) is 0 Å². The van der Waals surface area contributed by atoms with Crippen molar-refractivity contribution in [2.45, 2.75) is 64.1 Å². The van der Waals surface area contributed by atoms with Gasteiger partial charge in [0.15, 0.2) is 0 Å². The number of rotatable bonds is 5. The van der Waals surface area contributed by atoms with Crippen molar-refractivity contribution >= 4 is 18.3 Å². The van der Waals surface area contributed by atoms with Gasteiger partial charge in [0.2, 0.25) is 5.91 Å². The van der Waals surface area contributed by atoms with Crippen LogP contribution in [0.1, 0.15) is 51.9 Å². The molecule has 2 aliphatic heterocycles. The minimum absolute atomic E-state index is 0. The summed E-state index contributed by atoms with van der Waals surface area (Å²) in [6.07, 6.45) is 9.06. The zero-order valence-electron chi connectivity index (χ0n) is 15.8. The predicted octanol–water partition coefficient (Wildman–Crippen LogP) is 2.29. The highest BCUT2D eigenvalue weighted by Crippen LogP contribution is 2.28. The molecule has 0 radical (unpaired) electrons. The van der Waals surface area contributed by atoms with E-state index in [9.17, 15) is 4.79 Å². The highest BCUT2D eigenvalue weighted by atomic mass is 35.5. The summed E-state index contributed by atoms with van der Waals surface area (Å²) in [5.74, 6) is 1.21. The number of hydrogen-bond donors (Lipinski definition) is 1. The highest BCUT2D eigenvalue weighted by molar-refractivity contribution is 5.85. The van der Waals surface area contributed by atoms with Crippen LogP contribution in [0.3, 0.4) is 0 Å². The fourth-order valence-electron chi connectivity index (χ4n) is 4.23. The number of nitrogens with zero attached hydrogens (tertiary/aromatic N) is 2. The normalized spacial score (nSPS) is 29.2. The first-order chi connectivity index (χ1) is 11.7. The lowest BCUT2D eigenvalue weighted by Crippen LogP contribution is -2.47. The van der Waals surface area contributed by atoms with E-state index in [4.69, 9.17) is 4.74 Å². The Labute approximate surface area is 159 Å². The van der Waals surface area contributed by atoms with Crippen molar-refractivity contribution < 1.29 is 9.53 Å². The van der Waals surface area contributed by atoms with Gasteiger partial charge >= 0.3 is 0 Å². The van der Waals surface area contributed by atoms with Crippen molar-refractivity contribution in [1.82, 2.24) is 15.1 Å². The molecule has 25 heavy (non-hydrogen) atoms. The molecule has 0 aromatic heterocycles. The van der Waals surface area contributed by atoms with E-state index < -0.39 is 0 Å². The van der Waals surface area contributed by atoms with Crippen LogP contribution in [0.25, 0.3) is 0 Å². The molecule has 2 heterocycles. The van der Waals surface area contributed by atoms with E-state index in [1.54, 1.807) is 0 Å². The number of halogens is 1. The minimum Gasteiger partial charge on any atom is -0.375 e. The molecule has 0 unspecified atom stereocenters. The molecule has 0 atom stereocenters. The molecule has 6 heteroatoms. The van der Waals surface area contributed by atoms with E-state index >= 15 is 0 Å². The van der Waals surface area contributed by atoms with Crippen LogP contribution < -0.4 is 5.32 Å². The first kappa shape index (κ1) is 20.9. The molecular formula is C19H36ClN3O2. The van der Waals surface area contributed by atoms with E-state index in [-0.39, 0.29) is 12.4 Å². The maximum atomic E-state index is 12.2. The first-order valence-electron chi connectivity index (χ1n) is 10.1. The van der Waals surface area contributed by atoms with Crippen molar-refractivity contribution in [3.8, 4) is 0 Å². The SMILES string of the molecule is CC1CCC(OC2CCN(CCC(=O)N3CCNCC3)CC2)CC1.Cl. The Morgan fingerprint density at radius 1 is 0.960 bits per heavy atom. The van der Waals surface area contributed by atoms with E-state index in [1.807, 2.05) is 4.90 Å². The van der Waals surface area contributed by atoms with Gasteiger partial charge < -0.3 is 19.9 Å². The number of nitrogens with one attached hydrogen (secondary N) is 1. The smallest absolute Gasteiger partial charge is 0.223 e. The molecule has 146 valence electrons. The quantitative estimate of drug-likeness (QED) is 0.803. The van der Waals surface area contributed by atoms with E-state index in [1.165, 1.54) is 25.7 Å². The topological polar surface area (TPSA) is 44.8 Å². The summed E-state index contributed by atoms with van der Waals surface area (Å²) in [5, 5.41) is 3.30. The molecule has 0 spiro atoms. The Bertz CT molecular complexity index is 388. The lowest BCUT2D eigenvalue weighted by molar-refractivity contribution is -0.132. The number of piperazine rings is 1. The summed E-state index contributed by atoms with van der Waals surface area (Å²) in [4.78, 5) is 16.7. The molecule has 0 aromatic rings. The molecule has 0 aromatic carbocycles. The Kier molecular flexibility index (Phi) is 8.97. The molecule has 1 saturated carbocycles. The largest absolute Gasteiger partial charge is 0.375 e. The van der Waals surface area contributed by atoms with Gasteiger partial charge in [0, 0.05) is 52.2 Å². The van der Waals surface area contributed by atoms with Gasteiger partial charge in [-0.25, -0.2) is 0 Å².